The van der Waals surface area contributed by atoms with E-state index in [1.54, 1.807) is 49.5 Å². The largest absolute Gasteiger partial charge is 0.493 e. The first-order chi connectivity index (χ1) is 16.2. The molecule has 0 aliphatic rings. The number of benzene rings is 3. The normalized spacial score (nSPS) is 11.9. The number of fused-ring (bicyclic) bond motifs is 1. The van der Waals surface area contributed by atoms with Crippen molar-refractivity contribution in [2.75, 3.05) is 10.8 Å². The first-order valence-electron chi connectivity index (χ1n) is 9.94. The summed E-state index contributed by atoms with van der Waals surface area (Å²) in [6, 6.07) is 19.0. The number of sulfonamides is 1. The van der Waals surface area contributed by atoms with Gasteiger partial charge in [0.05, 0.1) is 21.1 Å². The van der Waals surface area contributed by atoms with Crippen molar-refractivity contribution < 1.29 is 18.3 Å². The van der Waals surface area contributed by atoms with E-state index >= 15 is 0 Å². The van der Waals surface area contributed by atoms with Crippen LogP contribution in [0.2, 0.25) is 10.0 Å². The molecular weight excluding hydrogens is 499 g/mol. The topological polar surface area (TPSA) is 104 Å². The molecule has 1 heterocycles. The average molecular weight is 517 g/mol. The lowest BCUT2D eigenvalue weighted by atomic mass is 10.2. The summed E-state index contributed by atoms with van der Waals surface area (Å²) in [5.74, 6) is -1.04. The fraction of sp³-hybridized carbons (Fsp3) is 0.0870. The van der Waals surface area contributed by atoms with E-state index in [0.717, 1.165) is 4.31 Å². The maximum absolute atomic E-state index is 13.4. The van der Waals surface area contributed by atoms with Crippen LogP contribution in [-0.2, 0) is 21.9 Å². The van der Waals surface area contributed by atoms with E-state index in [-0.39, 0.29) is 27.2 Å². The number of rotatable bonds is 6. The van der Waals surface area contributed by atoms with Crippen LogP contribution in [0.25, 0.3) is 10.9 Å². The number of carbonyl (C=O) groups is 1. The molecule has 34 heavy (non-hydrogen) atoms. The van der Waals surface area contributed by atoms with E-state index in [1.807, 2.05) is 0 Å². The summed E-state index contributed by atoms with van der Waals surface area (Å²) in [5, 5.41) is 18.9. The number of aromatic hydroxyl groups is 1. The van der Waals surface area contributed by atoms with Crippen LogP contribution in [0.4, 0.5) is 11.4 Å². The Kier molecular flexibility index (Phi) is 6.60. The number of aryl methyl sites for hydroxylation is 1. The van der Waals surface area contributed by atoms with Gasteiger partial charge in [0.15, 0.2) is 5.69 Å². The molecule has 1 amide bonds. The minimum absolute atomic E-state index is 0.0301. The van der Waals surface area contributed by atoms with Gasteiger partial charge < -0.3 is 9.67 Å². The standard InChI is InChI=1S/C23H18Cl2N4O4S/c1-28-19-10-6-5-9-17(19)22(23(28)31)27-26-21(30)14-29(20-12-11-15(24)13-18(20)25)34(32,33)16-7-3-2-4-8-16/h2-13,31H,14H2,1H3. The van der Waals surface area contributed by atoms with Crippen molar-refractivity contribution in [1.29, 1.82) is 0 Å². The van der Waals surface area contributed by atoms with Crippen molar-refractivity contribution >= 4 is 61.4 Å². The number of para-hydroxylation sites is 1. The predicted molar refractivity (Wildman–Crippen MR) is 132 cm³/mol. The highest BCUT2D eigenvalue weighted by Gasteiger charge is 2.29. The van der Waals surface area contributed by atoms with Crippen LogP contribution in [0.5, 0.6) is 5.88 Å². The second kappa shape index (κ2) is 9.46. The van der Waals surface area contributed by atoms with E-state index < -0.39 is 22.5 Å². The Hall–Kier alpha value is -3.40. The molecule has 0 saturated carbocycles. The molecule has 0 aliphatic heterocycles. The van der Waals surface area contributed by atoms with Gasteiger partial charge >= 0.3 is 0 Å². The van der Waals surface area contributed by atoms with Crippen LogP contribution in [-0.4, -0.2) is 30.5 Å². The SMILES string of the molecule is Cn1c(O)c(N=NC(=O)CN(c2ccc(Cl)cc2Cl)S(=O)(=O)c2ccccc2)c2ccccc21. The van der Waals surface area contributed by atoms with Crippen molar-refractivity contribution in [3.05, 3.63) is 82.8 Å². The molecular formula is C23H18Cl2N4O4S. The first kappa shape index (κ1) is 23.7. The maximum atomic E-state index is 13.4. The molecule has 11 heteroatoms. The number of carbonyl (C=O) groups excluding carboxylic acids is 1. The molecule has 0 bridgehead atoms. The van der Waals surface area contributed by atoms with Crippen molar-refractivity contribution in [2.24, 2.45) is 17.3 Å². The highest BCUT2D eigenvalue weighted by molar-refractivity contribution is 7.92. The number of nitrogens with zero attached hydrogens (tertiary/aromatic N) is 4. The molecule has 4 aromatic rings. The zero-order chi connectivity index (χ0) is 24.5. The van der Waals surface area contributed by atoms with E-state index in [2.05, 4.69) is 10.2 Å². The lowest BCUT2D eigenvalue weighted by molar-refractivity contribution is -0.116. The van der Waals surface area contributed by atoms with Gasteiger partial charge in [0.2, 0.25) is 5.88 Å². The molecule has 0 spiro atoms. The fourth-order valence-electron chi connectivity index (χ4n) is 3.42. The van der Waals surface area contributed by atoms with Crippen molar-refractivity contribution in [2.45, 2.75) is 4.90 Å². The van der Waals surface area contributed by atoms with E-state index in [9.17, 15) is 18.3 Å². The van der Waals surface area contributed by atoms with Crippen LogP contribution < -0.4 is 4.31 Å². The summed E-state index contributed by atoms with van der Waals surface area (Å²) < 4.78 is 29.1. The summed E-state index contributed by atoms with van der Waals surface area (Å²) >= 11 is 12.2. The lowest BCUT2D eigenvalue weighted by Gasteiger charge is -2.24. The molecule has 0 unspecified atom stereocenters. The van der Waals surface area contributed by atoms with Crippen LogP contribution in [0.15, 0.2) is 87.9 Å². The summed E-state index contributed by atoms with van der Waals surface area (Å²) in [6.07, 6.45) is 0. The average Bonchev–Trinajstić information content (AvgIpc) is 3.07. The smallest absolute Gasteiger partial charge is 0.285 e. The van der Waals surface area contributed by atoms with Gasteiger partial charge in [0.25, 0.3) is 15.9 Å². The van der Waals surface area contributed by atoms with Gasteiger partial charge in [-0.1, -0.05) is 59.6 Å². The Morgan fingerprint density at radius 3 is 2.41 bits per heavy atom. The predicted octanol–water partition coefficient (Wildman–Crippen LogP) is 5.70. The molecule has 174 valence electrons. The third kappa shape index (κ3) is 4.50. The minimum Gasteiger partial charge on any atom is -0.493 e. The Morgan fingerprint density at radius 1 is 1.03 bits per heavy atom. The van der Waals surface area contributed by atoms with Crippen molar-refractivity contribution in [3.8, 4) is 5.88 Å². The third-order valence-corrected chi connectivity index (χ3v) is 7.41. The Balaban J connectivity index is 1.71. The number of aromatic nitrogens is 1. The molecule has 0 radical (unpaired) electrons. The van der Waals surface area contributed by atoms with Gasteiger partial charge in [0, 0.05) is 17.5 Å². The third-order valence-electron chi connectivity index (χ3n) is 5.10. The van der Waals surface area contributed by atoms with Gasteiger partial charge in [-0.05, 0) is 36.4 Å². The Labute approximate surface area is 205 Å². The number of hydrogen-bond acceptors (Lipinski definition) is 5. The number of amides is 1. The molecule has 3 aromatic carbocycles. The molecule has 1 N–H and O–H groups in total. The maximum Gasteiger partial charge on any atom is 0.285 e. The Morgan fingerprint density at radius 2 is 1.71 bits per heavy atom. The summed E-state index contributed by atoms with van der Waals surface area (Å²) in [6.45, 7) is -0.673. The second-order valence-corrected chi connectivity index (χ2v) is 9.97. The Bertz CT molecular complexity index is 1520. The molecule has 0 atom stereocenters. The van der Waals surface area contributed by atoms with Gasteiger partial charge in [-0.15, -0.1) is 10.2 Å². The number of azo groups is 1. The molecule has 8 nitrogen and oxygen atoms in total. The molecule has 0 saturated heterocycles. The zero-order valence-electron chi connectivity index (χ0n) is 17.8. The fourth-order valence-corrected chi connectivity index (χ4v) is 5.44. The molecule has 0 aliphatic carbocycles. The number of halogens is 2. The lowest BCUT2D eigenvalue weighted by Crippen LogP contribution is -2.35. The highest BCUT2D eigenvalue weighted by atomic mass is 35.5. The molecule has 1 aromatic heterocycles. The molecule has 0 fully saturated rings. The van der Waals surface area contributed by atoms with Crippen LogP contribution in [0.3, 0.4) is 0 Å². The van der Waals surface area contributed by atoms with Crippen molar-refractivity contribution in [1.82, 2.24) is 4.57 Å². The van der Waals surface area contributed by atoms with Crippen LogP contribution in [0.1, 0.15) is 0 Å². The molecule has 4 rings (SSSR count). The second-order valence-electron chi connectivity index (χ2n) is 7.26. The van der Waals surface area contributed by atoms with Crippen LogP contribution >= 0.6 is 23.2 Å². The van der Waals surface area contributed by atoms with Crippen LogP contribution in [0, 0.1) is 0 Å². The van der Waals surface area contributed by atoms with Gasteiger partial charge in [-0.25, -0.2) is 8.42 Å². The summed E-state index contributed by atoms with van der Waals surface area (Å²) in [5.41, 5.74) is 0.863. The number of anilines is 1. The van der Waals surface area contributed by atoms with E-state index in [4.69, 9.17) is 23.2 Å². The highest BCUT2D eigenvalue weighted by Crippen LogP contribution is 2.38. The zero-order valence-corrected chi connectivity index (χ0v) is 20.1. The minimum atomic E-state index is -4.18. The quantitative estimate of drug-likeness (QED) is 0.332. The van der Waals surface area contributed by atoms with Gasteiger partial charge in [-0.2, -0.15) is 0 Å². The van der Waals surface area contributed by atoms with Gasteiger partial charge in [-0.3, -0.25) is 9.10 Å². The first-order valence-corrected chi connectivity index (χ1v) is 12.1. The summed E-state index contributed by atoms with van der Waals surface area (Å²) in [7, 11) is -2.53. The van der Waals surface area contributed by atoms with Crippen molar-refractivity contribution in [3.63, 3.8) is 0 Å². The number of hydrogen-bond donors (Lipinski definition) is 1. The monoisotopic (exact) mass is 516 g/mol. The van der Waals surface area contributed by atoms with E-state index in [0.29, 0.717) is 15.9 Å². The summed E-state index contributed by atoms with van der Waals surface area (Å²) in [4.78, 5) is 12.8. The van der Waals surface area contributed by atoms with Gasteiger partial charge in [0.1, 0.15) is 6.54 Å². The van der Waals surface area contributed by atoms with E-state index in [1.165, 1.54) is 34.9 Å².